The van der Waals surface area contributed by atoms with E-state index in [1.165, 1.54) is 0 Å². The van der Waals surface area contributed by atoms with Crippen molar-refractivity contribution in [2.45, 2.75) is 0 Å². The summed E-state index contributed by atoms with van der Waals surface area (Å²) in [6.07, 6.45) is 3.50. The summed E-state index contributed by atoms with van der Waals surface area (Å²) >= 11 is 0. The molecule has 4 aromatic rings. The summed E-state index contributed by atoms with van der Waals surface area (Å²) in [4.78, 5) is 8.48. The van der Waals surface area contributed by atoms with Crippen LogP contribution >= 0.6 is 0 Å². The van der Waals surface area contributed by atoms with E-state index in [2.05, 4.69) is 15.1 Å². The smallest absolute Gasteiger partial charge is 0.240 e. The van der Waals surface area contributed by atoms with E-state index >= 15 is 0 Å². The highest BCUT2D eigenvalue weighted by atomic mass is 16.5. The molecule has 4 rings (SSSR count). The Bertz CT molecular complexity index is 942. The minimum Gasteiger partial charge on any atom is -0.455 e. The van der Waals surface area contributed by atoms with E-state index in [0.717, 1.165) is 10.9 Å². The first kappa shape index (κ1) is 11.7. The van der Waals surface area contributed by atoms with Crippen LogP contribution in [0.25, 0.3) is 16.6 Å². The minimum atomic E-state index is 0.235. The molecular formula is C15H11N5O. The number of nitrogens with two attached hydrogens (primary N) is 1. The number of hydrogen-bond donors (Lipinski definition) is 1. The predicted octanol–water partition coefficient (Wildman–Crippen LogP) is 2.65. The lowest BCUT2D eigenvalue weighted by Crippen LogP contribution is -1.91. The number of nitrogens with zero attached hydrogens (tertiary/aromatic N) is 4. The Morgan fingerprint density at radius 2 is 2.00 bits per heavy atom. The van der Waals surface area contributed by atoms with Crippen LogP contribution < -0.4 is 10.5 Å². The molecule has 0 aliphatic rings. The van der Waals surface area contributed by atoms with Crippen molar-refractivity contribution in [1.29, 1.82) is 0 Å². The zero-order valence-electron chi connectivity index (χ0n) is 11.0. The van der Waals surface area contributed by atoms with E-state index in [9.17, 15) is 0 Å². The third-order valence-corrected chi connectivity index (χ3v) is 3.15. The zero-order valence-corrected chi connectivity index (χ0v) is 11.0. The number of hydrogen-bond acceptors (Lipinski definition) is 5. The normalized spacial score (nSPS) is 11.0. The fraction of sp³-hybridized carbons (Fsp3) is 0. The van der Waals surface area contributed by atoms with Crippen molar-refractivity contribution in [1.82, 2.24) is 19.6 Å². The summed E-state index contributed by atoms with van der Waals surface area (Å²) in [6.45, 7) is 0. The van der Waals surface area contributed by atoms with Gasteiger partial charge in [-0.2, -0.15) is 4.98 Å². The molecule has 0 radical (unpaired) electrons. The number of ether oxygens (including phenoxy) is 1. The molecular weight excluding hydrogens is 266 g/mol. The lowest BCUT2D eigenvalue weighted by atomic mass is 10.2. The quantitative estimate of drug-likeness (QED) is 0.609. The van der Waals surface area contributed by atoms with Gasteiger partial charge in [-0.3, -0.25) is 4.98 Å². The number of pyridine rings is 2. The molecule has 1 aromatic carbocycles. The molecule has 2 N–H and O–H groups in total. The Morgan fingerprint density at radius 3 is 2.95 bits per heavy atom. The Balaban J connectivity index is 1.78. The molecule has 0 amide bonds. The molecule has 6 nitrogen and oxygen atoms in total. The highest BCUT2D eigenvalue weighted by Gasteiger charge is 2.06. The van der Waals surface area contributed by atoms with Crippen molar-refractivity contribution in [3.8, 4) is 11.5 Å². The van der Waals surface area contributed by atoms with Crippen LogP contribution in [0.15, 0.2) is 54.9 Å². The van der Waals surface area contributed by atoms with Gasteiger partial charge in [0, 0.05) is 23.8 Å². The van der Waals surface area contributed by atoms with Gasteiger partial charge in [-0.25, -0.2) is 4.52 Å². The van der Waals surface area contributed by atoms with E-state index in [1.54, 1.807) is 23.0 Å². The van der Waals surface area contributed by atoms with Gasteiger partial charge in [0.1, 0.15) is 11.3 Å². The van der Waals surface area contributed by atoms with Gasteiger partial charge in [-0.1, -0.05) is 18.2 Å². The van der Waals surface area contributed by atoms with Gasteiger partial charge in [-0.05, 0) is 18.2 Å². The van der Waals surface area contributed by atoms with Gasteiger partial charge in [0.15, 0.2) is 11.4 Å². The van der Waals surface area contributed by atoms with Crippen molar-refractivity contribution < 1.29 is 4.74 Å². The van der Waals surface area contributed by atoms with Crippen molar-refractivity contribution in [2.75, 3.05) is 5.73 Å². The second kappa shape index (κ2) is 4.45. The second-order valence-electron chi connectivity index (χ2n) is 4.57. The van der Waals surface area contributed by atoms with Crippen molar-refractivity contribution in [2.24, 2.45) is 0 Å². The first-order valence-corrected chi connectivity index (χ1v) is 6.43. The van der Waals surface area contributed by atoms with Gasteiger partial charge in [0.25, 0.3) is 0 Å². The fourth-order valence-electron chi connectivity index (χ4n) is 2.23. The summed E-state index contributed by atoms with van der Waals surface area (Å²) in [5.41, 5.74) is 7.03. The molecule has 21 heavy (non-hydrogen) atoms. The molecule has 0 aliphatic heterocycles. The van der Waals surface area contributed by atoms with Crippen LogP contribution in [0.5, 0.6) is 11.5 Å². The average molecular weight is 277 g/mol. The number of nitrogen functional groups attached to an aromatic ring is 1. The van der Waals surface area contributed by atoms with E-state index in [1.807, 2.05) is 36.4 Å². The van der Waals surface area contributed by atoms with Gasteiger partial charge in [0.05, 0.1) is 0 Å². The number of benzene rings is 1. The molecule has 102 valence electrons. The number of aromatic nitrogens is 4. The summed E-state index contributed by atoms with van der Waals surface area (Å²) < 4.78 is 7.53. The number of para-hydroxylation sites is 1. The fourth-order valence-corrected chi connectivity index (χ4v) is 2.23. The molecule has 0 atom stereocenters. The number of fused-ring (bicyclic) bond motifs is 2. The molecule has 6 heteroatoms. The molecule has 0 unspecified atom stereocenters. The maximum absolute atomic E-state index is 5.92. The predicted molar refractivity (Wildman–Crippen MR) is 79.2 cm³/mol. The van der Waals surface area contributed by atoms with Gasteiger partial charge >= 0.3 is 0 Å². The van der Waals surface area contributed by atoms with Crippen LogP contribution in [0.1, 0.15) is 0 Å². The van der Waals surface area contributed by atoms with Crippen LogP contribution in [0.3, 0.4) is 0 Å². The van der Waals surface area contributed by atoms with Gasteiger partial charge < -0.3 is 10.5 Å². The van der Waals surface area contributed by atoms with Crippen LogP contribution in [-0.4, -0.2) is 19.6 Å². The van der Waals surface area contributed by atoms with Gasteiger partial charge in [0.2, 0.25) is 5.95 Å². The van der Waals surface area contributed by atoms with E-state index in [4.69, 9.17) is 10.5 Å². The molecule has 3 heterocycles. The topological polar surface area (TPSA) is 78.3 Å². The second-order valence-corrected chi connectivity index (χ2v) is 4.57. The standard InChI is InChI=1S/C15H11N5O/c16-15-18-13-9-11(6-8-20(13)19-15)21-12-5-1-3-10-4-2-7-17-14(10)12/h1-9H,(H2,16,19). The molecule has 0 saturated heterocycles. The maximum Gasteiger partial charge on any atom is 0.240 e. The third-order valence-electron chi connectivity index (χ3n) is 3.15. The highest BCUT2D eigenvalue weighted by molar-refractivity contribution is 5.84. The average Bonchev–Trinajstić information content (AvgIpc) is 2.87. The van der Waals surface area contributed by atoms with Crippen molar-refractivity contribution in [3.05, 3.63) is 54.9 Å². The lowest BCUT2D eigenvalue weighted by Gasteiger charge is -2.08. The minimum absolute atomic E-state index is 0.235. The highest BCUT2D eigenvalue weighted by Crippen LogP contribution is 2.28. The Morgan fingerprint density at radius 1 is 1.10 bits per heavy atom. The van der Waals surface area contributed by atoms with E-state index in [0.29, 0.717) is 17.1 Å². The summed E-state index contributed by atoms with van der Waals surface area (Å²) in [7, 11) is 0. The monoisotopic (exact) mass is 277 g/mol. The largest absolute Gasteiger partial charge is 0.455 e. The van der Waals surface area contributed by atoms with Crippen LogP contribution in [-0.2, 0) is 0 Å². The van der Waals surface area contributed by atoms with Crippen LogP contribution in [0.4, 0.5) is 5.95 Å². The van der Waals surface area contributed by atoms with Crippen LogP contribution in [0, 0.1) is 0 Å². The lowest BCUT2D eigenvalue weighted by molar-refractivity contribution is 0.486. The Kier molecular flexibility index (Phi) is 2.47. The number of rotatable bonds is 2. The Labute approximate surface area is 119 Å². The molecule has 0 bridgehead atoms. The van der Waals surface area contributed by atoms with Gasteiger partial charge in [-0.15, -0.1) is 5.10 Å². The molecule has 0 aliphatic carbocycles. The zero-order chi connectivity index (χ0) is 14.2. The van der Waals surface area contributed by atoms with Crippen molar-refractivity contribution >= 4 is 22.5 Å². The number of anilines is 1. The molecule has 0 fully saturated rings. The van der Waals surface area contributed by atoms with Crippen LogP contribution in [0.2, 0.25) is 0 Å². The molecule has 3 aromatic heterocycles. The first-order valence-electron chi connectivity index (χ1n) is 6.43. The summed E-state index contributed by atoms with van der Waals surface area (Å²) in [6, 6.07) is 13.3. The Hall–Kier alpha value is -3.15. The van der Waals surface area contributed by atoms with E-state index < -0.39 is 0 Å². The van der Waals surface area contributed by atoms with Crippen molar-refractivity contribution in [3.63, 3.8) is 0 Å². The SMILES string of the molecule is Nc1nc2cc(Oc3cccc4cccnc34)ccn2n1. The maximum atomic E-state index is 5.92. The van der Waals surface area contributed by atoms with E-state index in [-0.39, 0.29) is 5.95 Å². The molecule has 0 saturated carbocycles. The first-order chi connectivity index (χ1) is 10.3. The summed E-state index contributed by atoms with van der Waals surface area (Å²) in [5.74, 6) is 1.59. The summed E-state index contributed by atoms with van der Waals surface area (Å²) in [5, 5.41) is 5.06. The third kappa shape index (κ3) is 2.02. The molecule has 0 spiro atoms.